The Morgan fingerprint density at radius 3 is 2.44 bits per heavy atom. The van der Waals surface area contributed by atoms with Gasteiger partial charge in [0.15, 0.2) is 0 Å². The summed E-state index contributed by atoms with van der Waals surface area (Å²) in [6, 6.07) is 5.40. The predicted molar refractivity (Wildman–Crippen MR) is 98.9 cm³/mol. The summed E-state index contributed by atoms with van der Waals surface area (Å²) in [6.07, 6.45) is 0. The number of sulfonamides is 1. The van der Waals surface area contributed by atoms with Crippen LogP contribution in [-0.4, -0.2) is 42.7 Å². The minimum atomic E-state index is -3.57. The molecule has 2 aromatic rings. The van der Waals surface area contributed by atoms with Gasteiger partial charge in [0, 0.05) is 23.7 Å². The minimum absolute atomic E-state index is 0.266. The Morgan fingerprint density at radius 1 is 1.24 bits per heavy atom. The Bertz CT molecular complexity index is 858. The van der Waals surface area contributed by atoms with Crippen LogP contribution in [0.1, 0.15) is 30.8 Å². The lowest BCUT2D eigenvalue weighted by Gasteiger charge is -2.18. The number of aryl methyl sites for hydroxylation is 1. The van der Waals surface area contributed by atoms with Crippen LogP contribution in [0, 0.1) is 13.8 Å². The zero-order valence-electron chi connectivity index (χ0n) is 15.2. The molecule has 0 amide bonds. The van der Waals surface area contributed by atoms with Gasteiger partial charge in [0.2, 0.25) is 10.0 Å². The fraction of sp³-hybridized carbons (Fsp3) is 0.471. The van der Waals surface area contributed by atoms with Crippen molar-refractivity contribution >= 4 is 21.6 Å². The third-order valence-electron chi connectivity index (χ3n) is 4.22. The summed E-state index contributed by atoms with van der Waals surface area (Å²) in [6.45, 7) is 8.30. The van der Waals surface area contributed by atoms with E-state index in [1.165, 1.54) is 4.31 Å². The normalized spacial score (nSPS) is 12.0. The molecular weight excluding hydrogens is 362 g/mol. The Labute approximate surface area is 154 Å². The third kappa shape index (κ3) is 3.68. The Morgan fingerprint density at radius 2 is 1.88 bits per heavy atom. The lowest BCUT2D eigenvalue weighted by atomic mass is 10.2. The van der Waals surface area contributed by atoms with Gasteiger partial charge >= 0.3 is 0 Å². The molecule has 0 saturated heterocycles. The number of aromatic nitrogens is 2. The second-order valence-corrected chi connectivity index (χ2v) is 7.95. The van der Waals surface area contributed by atoms with Gasteiger partial charge in [-0.2, -0.15) is 9.40 Å². The van der Waals surface area contributed by atoms with Gasteiger partial charge < -0.3 is 4.74 Å². The molecule has 0 N–H and O–H groups in total. The van der Waals surface area contributed by atoms with Crippen molar-refractivity contribution in [2.24, 2.45) is 0 Å². The van der Waals surface area contributed by atoms with Crippen LogP contribution in [0.3, 0.4) is 0 Å². The van der Waals surface area contributed by atoms with Gasteiger partial charge in [-0.3, -0.25) is 4.68 Å². The third-order valence-corrected chi connectivity index (χ3v) is 6.88. The summed E-state index contributed by atoms with van der Waals surface area (Å²) in [5.41, 5.74) is 1.84. The quantitative estimate of drug-likeness (QED) is 0.733. The van der Waals surface area contributed by atoms with E-state index in [4.69, 9.17) is 16.3 Å². The number of halogens is 1. The van der Waals surface area contributed by atoms with E-state index in [1.807, 2.05) is 26.0 Å². The highest BCUT2D eigenvalue weighted by atomic mass is 35.5. The van der Waals surface area contributed by atoms with Gasteiger partial charge in [-0.1, -0.05) is 31.5 Å². The first-order valence-electron chi connectivity index (χ1n) is 8.13. The van der Waals surface area contributed by atoms with Crippen LogP contribution in [0.5, 0.6) is 5.75 Å². The molecule has 1 aromatic carbocycles. The Hall–Kier alpha value is -1.57. The molecule has 0 spiro atoms. The molecule has 0 unspecified atom stereocenters. The maximum atomic E-state index is 12.9. The van der Waals surface area contributed by atoms with Crippen LogP contribution in [-0.2, 0) is 16.6 Å². The fourth-order valence-corrected chi connectivity index (χ4v) is 4.99. The first-order chi connectivity index (χ1) is 11.8. The Kier molecular flexibility index (Phi) is 6.13. The van der Waals surface area contributed by atoms with Crippen molar-refractivity contribution in [3.05, 3.63) is 40.2 Å². The van der Waals surface area contributed by atoms with Crippen LogP contribution in [0.15, 0.2) is 23.1 Å². The van der Waals surface area contributed by atoms with Gasteiger partial charge in [-0.05, 0) is 26.0 Å². The second-order valence-electron chi connectivity index (χ2n) is 5.67. The Balaban J connectivity index is 2.52. The van der Waals surface area contributed by atoms with Crippen LogP contribution in [0.4, 0.5) is 0 Å². The summed E-state index contributed by atoms with van der Waals surface area (Å²) >= 11 is 6.29. The van der Waals surface area contributed by atoms with Crippen molar-refractivity contribution in [2.75, 3.05) is 20.2 Å². The van der Waals surface area contributed by atoms with Gasteiger partial charge in [-0.25, -0.2) is 8.42 Å². The van der Waals surface area contributed by atoms with Crippen molar-refractivity contribution in [2.45, 2.75) is 39.1 Å². The molecule has 0 aliphatic carbocycles. The van der Waals surface area contributed by atoms with E-state index in [1.54, 1.807) is 31.7 Å². The molecular formula is C17H24ClN3O3S. The van der Waals surface area contributed by atoms with E-state index in [0.717, 1.165) is 5.56 Å². The van der Waals surface area contributed by atoms with E-state index in [-0.39, 0.29) is 4.90 Å². The first kappa shape index (κ1) is 19.8. The molecule has 0 aliphatic rings. The van der Waals surface area contributed by atoms with Crippen molar-refractivity contribution < 1.29 is 13.2 Å². The van der Waals surface area contributed by atoms with Crippen molar-refractivity contribution in [1.29, 1.82) is 0 Å². The SMILES string of the molecule is CCN(CC)S(=O)(=O)c1c(C)nn(Cc2c(Cl)cccc2OC)c1C. The first-order valence-corrected chi connectivity index (χ1v) is 9.95. The minimum Gasteiger partial charge on any atom is -0.496 e. The maximum absolute atomic E-state index is 12.9. The topological polar surface area (TPSA) is 64.4 Å². The molecule has 1 heterocycles. The molecule has 2 rings (SSSR count). The monoisotopic (exact) mass is 385 g/mol. The molecule has 25 heavy (non-hydrogen) atoms. The van der Waals surface area contributed by atoms with Gasteiger partial charge in [-0.15, -0.1) is 0 Å². The number of hydrogen-bond donors (Lipinski definition) is 0. The number of ether oxygens (including phenoxy) is 1. The van der Waals surface area contributed by atoms with Crippen molar-refractivity contribution in [1.82, 2.24) is 14.1 Å². The smallest absolute Gasteiger partial charge is 0.246 e. The molecule has 1 aromatic heterocycles. The molecule has 0 radical (unpaired) electrons. The van der Waals surface area contributed by atoms with E-state index in [9.17, 15) is 8.42 Å². The highest BCUT2D eigenvalue weighted by molar-refractivity contribution is 7.89. The molecule has 0 saturated carbocycles. The van der Waals surface area contributed by atoms with E-state index in [0.29, 0.717) is 41.8 Å². The van der Waals surface area contributed by atoms with E-state index in [2.05, 4.69) is 5.10 Å². The van der Waals surface area contributed by atoms with E-state index >= 15 is 0 Å². The summed E-state index contributed by atoms with van der Waals surface area (Å²) in [5.74, 6) is 0.646. The molecule has 0 bridgehead atoms. The van der Waals surface area contributed by atoms with Crippen LogP contribution in [0.2, 0.25) is 5.02 Å². The number of hydrogen-bond acceptors (Lipinski definition) is 4. The molecule has 138 valence electrons. The molecule has 6 nitrogen and oxygen atoms in total. The van der Waals surface area contributed by atoms with Crippen LogP contribution >= 0.6 is 11.6 Å². The second kappa shape index (κ2) is 7.76. The van der Waals surface area contributed by atoms with E-state index < -0.39 is 10.0 Å². The fourth-order valence-electron chi connectivity index (χ4n) is 2.93. The standard InChI is InChI=1S/C17H24ClN3O3S/c1-6-20(7-2)25(22,23)17-12(3)19-21(13(17)4)11-14-15(18)9-8-10-16(14)24-5/h8-10H,6-7,11H2,1-5H3. The average Bonchev–Trinajstić information content (AvgIpc) is 2.84. The summed E-state index contributed by atoms with van der Waals surface area (Å²) in [4.78, 5) is 0.266. The van der Waals surface area contributed by atoms with Crippen LogP contribution in [0.25, 0.3) is 0 Å². The largest absolute Gasteiger partial charge is 0.496 e. The van der Waals surface area contributed by atoms with Crippen LogP contribution < -0.4 is 4.74 Å². The van der Waals surface area contributed by atoms with Crippen molar-refractivity contribution in [3.8, 4) is 5.75 Å². The zero-order valence-corrected chi connectivity index (χ0v) is 16.8. The van der Waals surface area contributed by atoms with Gasteiger partial charge in [0.25, 0.3) is 0 Å². The summed E-state index contributed by atoms with van der Waals surface area (Å²) < 4.78 is 34.3. The number of nitrogens with zero attached hydrogens (tertiary/aromatic N) is 3. The summed E-state index contributed by atoms with van der Waals surface area (Å²) in [5, 5.41) is 4.99. The van der Waals surface area contributed by atoms with Crippen molar-refractivity contribution in [3.63, 3.8) is 0 Å². The molecule has 0 atom stereocenters. The number of methoxy groups -OCH3 is 1. The van der Waals surface area contributed by atoms with Gasteiger partial charge in [0.1, 0.15) is 10.6 Å². The number of rotatable bonds is 7. The molecule has 8 heteroatoms. The lowest BCUT2D eigenvalue weighted by molar-refractivity contribution is 0.407. The number of benzene rings is 1. The zero-order chi connectivity index (χ0) is 18.8. The molecule has 0 fully saturated rings. The van der Waals surface area contributed by atoms with Gasteiger partial charge in [0.05, 0.1) is 25.0 Å². The predicted octanol–water partition coefficient (Wildman–Crippen LogP) is 3.24. The average molecular weight is 386 g/mol. The maximum Gasteiger partial charge on any atom is 0.246 e. The summed E-state index contributed by atoms with van der Waals surface area (Å²) in [7, 11) is -2.00. The molecule has 0 aliphatic heterocycles. The highest BCUT2D eigenvalue weighted by Crippen LogP contribution is 2.29. The lowest BCUT2D eigenvalue weighted by Crippen LogP contribution is -2.31. The highest BCUT2D eigenvalue weighted by Gasteiger charge is 2.29.